The van der Waals surface area contributed by atoms with Crippen LogP contribution in [-0.4, -0.2) is 24.6 Å². The second-order valence-corrected chi connectivity index (χ2v) is 5.59. The SMILES string of the molecule is CCOC(=O)[C@@H]1[C@@H](/C=C/c2ccccc2)OC(=O)C1(C)C. The highest BCUT2D eigenvalue weighted by Crippen LogP contribution is 2.40. The van der Waals surface area contributed by atoms with Gasteiger partial charge in [0.05, 0.1) is 12.0 Å². The molecule has 4 heteroatoms. The molecule has 4 nitrogen and oxygen atoms in total. The van der Waals surface area contributed by atoms with Crippen LogP contribution >= 0.6 is 0 Å². The largest absolute Gasteiger partial charge is 0.466 e. The molecule has 0 amide bonds. The second kappa shape index (κ2) is 6.12. The normalized spacial score (nSPS) is 24.0. The summed E-state index contributed by atoms with van der Waals surface area (Å²) in [5.41, 5.74) is 0.110. The smallest absolute Gasteiger partial charge is 0.314 e. The van der Waals surface area contributed by atoms with Gasteiger partial charge in [-0.25, -0.2) is 0 Å². The summed E-state index contributed by atoms with van der Waals surface area (Å²) in [5.74, 6) is -1.38. The highest BCUT2D eigenvalue weighted by Gasteiger charge is 2.54. The van der Waals surface area contributed by atoms with E-state index >= 15 is 0 Å². The Morgan fingerprint density at radius 1 is 1.33 bits per heavy atom. The van der Waals surface area contributed by atoms with Crippen LogP contribution in [0.15, 0.2) is 36.4 Å². The summed E-state index contributed by atoms with van der Waals surface area (Å²) < 4.78 is 10.4. The van der Waals surface area contributed by atoms with Crippen LogP contribution in [0.4, 0.5) is 0 Å². The summed E-state index contributed by atoms with van der Waals surface area (Å²) >= 11 is 0. The molecular formula is C17H20O4. The molecule has 0 saturated carbocycles. The van der Waals surface area contributed by atoms with Gasteiger partial charge in [0.15, 0.2) is 0 Å². The van der Waals surface area contributed by atoms with E-state index in [1.165, 1.54) is 0 Å². The number of cyclic esters (lactones) is 1. The third kappa shape index (κ3) is 3.15. The molecule has 2 atom stereocenters. The molecule has 1 heterocycles. The molecule has 1 aromatic rings. The van der Waals surface area contributed by atoms with E-state index in [9.17, 15) is 9.59 Å². The number of hydrogen-bond donors (Lipinski definition) is 0. The second-order valence-electron chi connectivity index (χ2n) is 5.59. The topological polar surface area (TPSA) is 52.6 Å². The maximum absolute atomic E-state index is 12.1. The summed E-state index contributed by atoms with van der Waals surface area (Å²) in [6.07, 6.45) is 3.02. The van der Waals surface area contributed by atoms with Gasteiger partial charge >= 0.3 is 11.9 Å². The van der Waals surface area contributed by atoms with Gasteiger partial charge in [-0.2, -0.15) is 0 Å². The number of rotatable bonds is 4. The molecule has 0 spiro atoms. The van der Waals surface area contributed by atoms with Crippen molar-refractivity contribution in [3.63, 3.8) is 0 Å². The Balaban J connectivity index is 2.23. The average Bonchev–Trinajstić information content (AvgIpc) is 2.68. The lowest BCUT2D eigenvalue weighted by molar-refractivity contribution is -0.153. The van der Waals surface area contributed by atoms with E-state index in [1.807, 2.05) is 36.4 Å². The van der Waals surface area contributed by atoms with Crippen molar-refractivity contribution < 1.29 is 19.1 Å². The minimum Gasteiger partial charge on any atom is -0.466 e. The van der Waals surface area contributed by atoms with Crippen molar-refractivity contribution in [2.75, 3.05) is 6.61 Å². The summed E-state index contributed by atoms with van der Waals surface area (Å²) in [4.78, 5) is 24.1. The fourth-order valence-electron chi connectivity index (χ4n) is 2.46. The van der Waals surface area contributed by atoms with Gasteiger partial charge in [0.25, 0.3) is 0 Å². The van der Waals surface area contributed by atoms with Crippen molar-refractivity contribution in [2.45, 2.75) is 26.9 Å². The van der Waals surface area contributed by atoms with E-state index in [0.29, 0.717) is 0 Å². The molecule has 1 saturated heterocycles. The lowest BCUT2D eigenvalue weighted by atomic mass is 9.78. The Morgan fingerprint density at radius 2 is 2.00 bits per heavy atom. The molecule has 0 unspecified atom stereocenters. The summed E-state index contributed by atoms with van der Waals surface area (Å²) in [6.45, 7) is 5.46. The van der Waals surface area contributed by atoms with Crippen LogP contribution in [0.5, 0.6) is 0 Å². The van der Waals surface area contributed by atoms with E-state index < -0.39 is 23.4 Å². The van der Waals surface area contributed by atoms with Crippen LogP contribution in [0.3, 0.4) is 0 Å². The lowest BCUT2D eigenvalue weighted by Gasteiger charge is -2.21. The van der Waals surface area contributed by atoms with E-state index in [4.69, 9.17) is 9.47 Å². The Morgan fingerprint density at radius 3 is 2.62 bits per heavy atom. The number of ether oxygens (including phenoxy) is 2. The molecule has 0 aliphatic carbocycles. The summed E-state index contributed by atoms with van der Waals surface area (Å²) in [5, 5.41) is 0. The maximum atomic E-state index is 12.1. The quantitative estimate of drug-likeness (QED) is 0.799. The molecule has 21 heavy (non-hydrogen) atoms. The van der Waals surface area contributed by atoms with Gasteiger partial charge in [0.1, 0.15) is 12.0 Å². The molecule has 1 fully saturated rings. The Bertz CT molecular complexity index is 545. The van der Waals surface area contributed by atoms with Crippen molar-refractivity contribution in [1.82, 2.24) is 0 Å². The van der Waals surface area contributed by atoms with E-state index in [2.05, 4.69) is 0 Å². The van der Waals surface area contributed by atoms with Crippen LogP contribution in [0.2, 0.25) is 0 Å². The molecule has 1 aromatic carbocycles. The number of carbonyl (C=O) groups is 2. The Hall–Kier alpha value is -2.10. The van der Waals surface area contributed by atoms with Crippen molar-refractivity contribution in [3.8, 4) is 0 Å². The third-order valence-corrected chi connectivity index (χ3v) is 3.69. The van der Waals surface area contributed by atoms with E-state index in [-0.39, 0.29) is 12.6 Å². The van der Waals surface area contributed by atoms with Gasteiger partial charge < -0.3 is 9.47 Å². The first kappa shape index (κ1) is 15.3. The van der Waals surface area contributed by atoms with Gasteiger partial charge in [0.2, 0.25) is 0 Å². The minimum atomic E-state index is -0.877. The van der Waals surface area contributed by atoms with E-state index in [1.54, 1.807) is 26.8 Å². The highest BCUT2D eigenvalue weighted by atomic mass is 16.6. The van der Waals surface area contributed by atoms with Gasteiger partial charge in [0, 0.05) is 0 Å². The van der Waals surface area contributed by atoms with Crippen LogP contribution in [0.25, 0.3) is 6.08 Å². The van der Waals surface area contributed by atoms with Gasteiger partial charge in [-0.1, -0.05) is 36.4 Å². The third-order valence-electron chi connectivity index (χ3n) is 3.69. The van der Waals surface area contributed by atoms with Gasteiger partial charge in [-0.05, 0) is 32.4 Å². The fourth-order valence-corrected chi connectivity index (χ4v) is 2.46. The van der Waals surface area contributed by atoms with Gasteiger partial charge in [-0.3, -0.25) is 9.59 Å². The van der Waals surface area contributed by atoms with Crippen LogP contribution in [0.1, 0.15) is 26.3 Å². The minimum absolute atomic E-state index is 0.286. The number of carbonyl (C=O) groups excluding carboxylic acids is 2. The predicted octanol–water partition coefficient (Wildman–Crippen LogP) is 2.83. The van der Waals surface area contributed by atoms with Crippen molar-refractivity contribution in [3.05, 3.63) is 42.0 Å². The predicted molar refractivity (Wildman–Crippen MR) is 79.3 cm³/mol. The number of esters is 2. The number of benzene rings is 1. The first-order valence-electron chi connectivity index (χ1n) is 7.07. The van der Waals surface area contributed by atoms with Crippen molar-refractivity contribution >= 4 is 18.0 Å². The molecule has 2 rings (SSSR count). The van der Waals surface area contributed by atoms with Crippen molar-refractivity contribution in [1.29, 1.82) is 0 Å². The molecule has 0 N–H and O–H groups in total. The highest BCUT2D eigenvalue weighted by molar-refractivity contribution is 5.89. The summed E-state index contributed by atoms with van der Waals surface area (Å²) in [7, 11) is 0. The zero-order valence-corrected chi connectivity index (χ0v) is 12.5. The van der Waals surface area contributed by atoms with Gasteiger partial charge in [-0.15, -0.1) is 0 Å². The first-order chi connectivity index (χ1) is 9.96. The zero-order chi connectivity index (χ0) is 15.5. The maximum Gasteiger partial charge on any atom is 0.314 e. The molecule has 112 valence electrons. The molecule has 1 aliphatic heterocycles. The monoisotopic (exact) mass is 288 g/mol. The van der Waals surface area contributed by atoms with Crippen molar-refractivity contribution in [2.24, 2.45) is 11.3 Å². The Labute approximate surface area is 124 Å². The standard InChI is InChI=1S/C17H20O4/c1-4-20-15(18)14-13(21-16(19)17(14,2)3)11-10-12-8-6-5-7-9-12/h5-11,13-14H,4H2,1-3H3/b11-10+/t13-,14+/m1/s1. The average molecular weight is 288 g/mol. The molecular weight excluding hydrogens is 268 g/mol. The molecule has 0 bridgehead atoms. The molecule has 1 aliphatic rings. The fraction of sp³-hybridized carbons (Fsp3) is 0.412. The molecule has 0 aromatic heterocycles. The van der Waals surface area contributed by atoms with Crippen LogP contribution in [0, 0.1) is 11.3 Å². The lowest BCUT2D eigenvalue weighted by Crippen LogP contribution is -2.36. The molecule has 0 radical (unpaired) electrons. The Kier molecular flexibility index (Phi) is 4.46. The number of hydrogen-bond acceptors (Lipinski definition) is 4. The van der Waals surface area contributed by atoms with E-state index in [0.717, 1.165) is 5.56 Å². The summed E-state index contributed by atoms with van der Waals surface area (Å²) in [6, 6.07) is 9.66. The zero-order valence-electron chi connectivity index (χ0n) is 12.5. The van der Waals surface area contributed by atoms with Crippen LogP contribution < -0.4 is 0 Å². The van der Waals surface area contributed by atoms with Crippen LogP contribution in [-0.2, 0) is 19.1 Å². The first-order valence-corrected chi connectivity index (χ1v) is 7.07.